The summed E-state index contributed by atoms with van der Waals surface area (Å²) in [6.45, 7) is 16.3. The van der Waals surface area contributed by atoms with Gasteiger partial charge in [-0.1, -0.05) is 62.8 Å². The van der Waals surface area contributed by atoms with E-state index in [9.17, 15) is 5.11 Å². The minimum atomic E-state index is -1.13. The van der Waals surface area contributed by atoms with Gasteiger partial charge >= 0.3 is 0 Å². The van der Waals surface area contributed by atoms with Crippen molar-refractivity contribution in [2.45, 2.75) is 12.5 Å². The Labute approximate surface area is 92.1 Å². The van der Waals surface area contributed by atoms with E-state index in [-0.39, 0.29) is 0 Å². The van der Waals surface area contributed by atoms with Gasteiger partial charge in [-0.05, 0) is 18.1 Å². The highest BCUT2D eigenvalue weighted by Crippen LogP contribution is 2.26. The fraction of sp³-hybridized carbons (Fsp3) is 0.143. The van der Waals surface area contributed by atoms with Gasteiger partial charge in [-0.2, -0.15) is 0 Å². The van der Waals surface area contributed by atoms with Crippen molar-refractivity contribution in [1.82, 2.24) is 0 Å². The van der Waals surface area contributed by atoms with Crippen LogP contribution in [0.3, 0.4) is 0 Å². The second kappa shape index (κ2) is 5.99. The summed E-state index contributed by atoms with van der Waals surface area (Å²) < 4.78 is 0. The van der Waals surface area contributed by atoms with Gasteiger partial charge < -0.3 is 5.11 Å². The lowest BCUT2D eigenvalue weighted by Crippen LogP contribution is -2.27. The highest BCUT2D eigenvalue weighted by atomic mass is 16.3. The van der Waals surface area contributed by atoms with Crippen LogP contribution in [0.5, 0.6) is 0 Å². The Hall–Kier alpha value is -1.60. The summed E-state index contributed by atoms with van der Waals surface area (Å²) in [4.78, 5) is 0. The van der Waals surface area contributed by atoms with Crippen LogP contribution in [0.4, 0.5) is 0 Å². The quantitative estimate of drug-likeness (QED) is 0.655. The van der Waals surface area contributed by atoms with Crippen molar-refractivity contribution < 1.29 is 5.11 Å². The SMILES string of the molecule is C=C/C=C\C(=C)C(C)(O)/C(C=C)=C/C=C. The minimum Gasteiger partial charge on any atom is -0.381 e. The Bertz CT molecular complexity index is 327. The first-order chi connectivity index (χ1) is 7.00. The molecule has 1 nitrogen and oxygen atoms in total. The Kier molecular flexibility index (Phi) is 5.35. The highest BCUT2D eigenvalue weighted by molar-refractivity contribution is 5.42. The van der Waals surface area contributed by atoms with Crippen LogP contribution in [0.1, 0.15) is 6.92 Å². The molecule has 0 aromatic heterocycles. The maximum atomic E-state index is 10.2. The Morgan fingerprint density at radius 3 is 2.20 bits per heavy atom. The van der Waals surface area contributed by atoms with E-state index in [1.807, 2.05) is 0 Å². The van der Waals surface area contributed by atoms with E-state index in [4.69, 9.17) is 0 Å². The van der Waals surface area contributed by atoms with Gasteiger partial charge in [-0.25, -0.2) is 0 Å². The Balaban J connectivity index is 5.09. The Morgan fingerprint density at radius 1 is 1.20 bits per heavy atom. The molecule has 0 rings (SSSR count). The fourth-order valence-electron chi connectivity index (χ4n) is 1.09. The van der Waals surface area contributed by atoms with Crippen LogP contribution >= 0.6 is 0 Å². The van der Waals surface area contributed by atoms with Crippen molar-refractivity contribution in [3.63, 3.8) is 0 Å². The van der Waals surface area contributed by atoms with E-state index in [0.29, 0.717) is 11.1 Å². The van der Waals surface area contributed by atoms with Gasteiger partial charge in [0.1, 0.15) is 5.60 Å². The predicted molar refractivity (Wildman–Crippen MR) is 67.6 cm³/mol. The summed E-state index contributed by atoms with van der Waals surface area (Å²) >= 11 is 0. The third-order valence-electron chi connectivity index (χ3n) is 2.14. The molecule has 0 aromatic carbocycles. The number of hydrogen-bond donors (Lipinski definition) is 1. The molecule has 0 fully saturated rings. The lowest BCUT2D eigenvalue weighted by molar-refractivity contribution is 0.146. The third-order valence-corrected chi connectivity index (χ3v) is 2.14. The molecule has 0 amide bonds. The standard InChI is InChI=1S/C14H18O/c1-6-9-11-12(4)14(5,15)13(8-3)10-7-2/h6-11,15H,1-4H2,5H3/b11-9-,13-10+. The largest absolute Gasteiger partial charge is 0.381 e. The fourth-order valence-corrected chi connectivity index (χ4v) is 1.09. The average Bonchev–Trinajstić information content (AvgIpc) is 2.21. The monoisotopic (exact) mass is 202 g/mol. The molecule has 1 unspecified atom stereocenters. The maximum Gasteiger partial charge on any atom is 0.111 e. The summed E-state index contributed by atoms with van der Waals surface area (Å²) in [5.41, 5.74) is 0.113. The summed E-state index contributed by atoms with van der Waals surface area (Å²) in [5, 5.41) is 10.2. The van der Waals surface area contributed by atoms with Crippen molar-refractivity contribution in [3.05, 3.63) is 73.9 Å². The van der Waals surface area contributed by atoms with Gasteiger partial charge in [0.15, 0.2) is 0 Å². The molecule has 0 saturated heterocycles. The molecule has 0 aliphatic carbocycles. The molecule has 15 heavy (non-hydrogen) atoms. The summed E-state index contributed by atoms with van der Waals surface area (Å²) in [5.74, 6) is 0. The molecule has 0 aliphatic heterocycles. The number of hydrogen-bond acceptors (Lipinski definition) is 1. The normalized spacial score (nSPS) is 15.7. The molecule has 0 bridgehead atoms. The van der Waals surface area contributed by atoms with Crippen molar-refractivity contribution in [1.29, 1.82) is 0 Å². The van der Waals surface area contributed by atoms with E-state index in [0.717, 1.165) is 0 Å². The summed E-state index contributed by atoms with van der Waals surface area (Å²) in [6, 6.07) is 0. The second-order valence-electron chi connectivity index (χ2n) is 3.25. The van der Waals surface area contributed by atoms with Gasteiger partial charge in [0.25, 0.3) is 0 Å². The van der Waals surface area contributed by atoms with Crippen LogP contribution in [0.2, 0.25) is 0 Å². The zero-order chi connectivity index (χ0) is 11.9. The first kappa shape index (κ1) is 13.4. The molecule has 0 radical (unpaired) electrons. The van der Waals surface area contributed by atoms with Gasteiger partial charge in [-0.15, -0.1) is 0 Å². The van der Waals surface area contributed by atoms with Gasteiger partial charge in [0.05, 0.1) is 0 Å². The summed E-state index contributed by atoms with van der Waals surface area (Å²) in [6.07, 6.45) is 9.98. The predicted octanol–water partition coefficient (Wildman–Crippen LogP) is 3.33. The number of allylic oxidation sites excluding steroid dienone is 4. The van der Waals surface area contributed by atoms with Crippen molar-refractivity contribution in [3.8, 4) is 0 Å². The van der Waals surface area contributed by atoms with Crippen molar-refractivity contribution in [2.75, 3.05) is 0 Å². The molecule has 1 heteroatoms. The zero-order valence-electron chi connectivity index (χ0n) is 9.24. The van der Waals surface area contributed by atoms with Crippen molar-refractivity contribution in [2.24, 2.45) is 0 Å². The molecule has 0 aromatic rings. The lowest BCUT2D eigenvalue weighted by Gasteiger charge is -2.25. The molecule has 1 N–H and O–H groups in total. The lowest BCUT2D eigenvalue weighted by atomic mass is 9.88. The molecular weight excluding hydrogens is 184 g/mol. The highest BCUT2D eigenvalue weighted by Gasteiger charge is 2.25. The average molecular weight is 202 g/mol. The molecule has 1 atom stereocenters. The van der Waals surface area contributed by atoms with E-state index in [1.54, 1.807) is 43.4 Å². The van der Waals surface area contributed by atoms with Crippen LogP contribution in [-0.2, 0) is 0 Å². The van der Waals surface area contributed by atoms with E-state index in [1.165, 1.54) is 0 Å². The first-order valence-electron chi connectivity index (χ1n) is 4.67. The van der Waals surface area contributed by atoms with E-state index in [2.05, 4.69) is 26.3 Å². The van der Waals surface area contributed by atoms with Crippen LogP contribution in [0, 0.1) is 0 Å². The smallest absolute Gasteiger partial charge is 0.111 e. The van der Waals surface area contributed by atoms with Crippen LogP contribution in [-0.4, -0.2) is 10.7 Å². The van der Waals surface area contributed by atoms with Crippen LogP contribution in [0.25, 0.3) is 0 Å². The Morgan fingerprint density at radius 2 is 1.80 bits per heavy atom. The maximum absolute atomic E-state index is 10.2. The molecule has 80 valence electrons. The molecule has 0 aliphatic rings. The second-order valence-corrected chi connectivity index (χ2v) is 3.25. The first-order valence-corrected chi connectivity index (χ1v) is 4.67. The summed E-state index contributed by atoms with van der Waals surface area (Å²) in [7, 11) is 0. The van der Waals surface area contributed by atoms with Gasteiger partial charge in [0, 0.05) is 0 Å². The molecule has 0 spiro atoms. The topological polar surface area (TPSA) is 20.2 Å². The van der Waals surface area contributed by atoms with Crippen LogP contribution in [0.15, 0.2) is 73.9 Å². The van der Waals surface area contributed by atoms with Gasteiger partial charge in [0.2, 0.25) is 0 Å². The molecule has 0 heterocycles. The number of aliphatic hydroxyl groups is 1. The van der Waals surface area contributed by atoms with E-state index < -0.39 is 5.60 Å². The molecular formula is C14H18O. The number of rotatable bonds is 6. The van der Waals surface area contributed by atoms with Gasteiger partial charge in [-0.3, -0.25) is 0 Å². The van der Waals surface area contributed by atoms with Crippen LogP contribution < -0.4 is 0 Å². The third kappa shape index (κ3) is 3.56. The van der Waals surface area contributed by atoms with Crippen molar-refractivity contribution >= 4 is 0 Å². The van der Waals surface area contributed by atoms with E-state index >= 15 is 0 Å². The minimum absolute atomic E-state index is 0.579. The zero-order valence-corrected chi connectivity index (χ0v) is 9.24. The molecule has 0 saturated carbocycles.